The summed E-state index contributed by atoms with van der Waals surface area (Å²) in [6, 6.07) is 0.758. The van der Waals surface area contributed by atoms with Crippen molar-refractivity contribution >= 4 is 17.6 Å². The molecule has 8 nitrogen and oxygen atoms in total. The lowest BCUT2D eigenvalue weighted by molar-refractivity contribution is -0.183. The van der Waals surface area contributed by atoms with Gasteiger partial charge in [0.05, 0.1) is 25.2 Å². The molecule has 2 heterocycles. The van der Waals surface area contributed by atoms with Gasteiger partial charge in [0.15, 0.2) is 12.0 Å². The molecule has 35 heavy (non-hydrogen) atoms. The average Bonchev–Trinajstić information content (AvgIpc) is 3.11. The summed E-state index contributed by atoms with van der Waals surface area (Å²) in [6.07, 6.45) is 7.19. The van der Waals surface area contributed by atoms with Gasteiger partial charge in [-0.15, -0.1) is 12.3 Å². The van der Waals surface area contributed by atoms with E-state index in [1.165, 1.54) is 4.90 Å². The van der Waals surface area contributed by atoms with E-state index >= 15 is 0 Å². The van der Waals surface area contributed by atoms with E-state index in [-0.39, 0.29) is 37.1 Å². The smallest absolute Gasteiger partial charge is 0.257 e. The van der Waals surface area contributed by atoms with Crippen LogP contribution in [0.2, 0.25) is 0 Å². The monoisotopic (exact) mass is 489 g/mol. The summed E-state index contributed by atoms with van der Waals surface area (Å²) in [6.45, 7) is 2.35. The third-order valence-electron chi connectivity index (χ3n) is 6.33. The van der Waals surface area contributed by atoms with Crippen LogP contribution in [0.15, 0.2) is 36.2 Å². The van der Waals surface area contributed by atoms with E-state index in [2.05, 4.69) is 17.8 Å². The van der Waals surface area contributed by atoms with Crippen LogP contribution in [0, 0.1) is 35.7 Å². The van der Waals surface area contributed by atoms with Crippen LogP contribution in [0.3, 0.4) is 0 Å². The van der Waals surface area contributed by atoms with E-state index in [9.17, 15) is 32.7 Å². The van der Waals surface area contributed by atoms with Crippen molar-refractivity contribution in [2.24, 2.45) is 5.92 Å². The third-order valence-corrected chi connectivity index (χ3v) is 6.33. The van der Waals surface area contributed by atoms with Crippen molar-refractivity contribution in [1.82, 2.24) is 15.1 Å². The number of terminal acetylenes is 1. The number of nitrogens with zero attached hydrogens (tertiary/aromatic N) is 2. The number of piperazine rings is 1. The fourth-order valence-electron chi connectivity index (χ4n) is 4.73. The second-order valence-electron chi connectivity index (χ2n) is 8.60. The number of Topliss-reactive ketones (excluding diaryl/α,β-unsaturated/α-hetero) is 1. The maximum Gasteiger partial charge on any atom is 0.257 e. The minimum Gasteiger partial charge on any atom is -0.505 e. The van der Waals surface area contributed by atoms with Gasteiger partial charge in [0.25, 0.3) is 5.91 Å². The number of carbonyl (C=O) groups is 3. The minimum atomic E-state index is -1.22. The number of halogens is 3. The molecular weight excluding hydrogens is 467 g/mol. The Morgan fingerprint density at radius 1 is 1.29 bits per heavy atom. The number of aliphatic hydroxyl groups excluding tert-OH is 1. The molecule has 2 amide bonds. The molecule has 1 aliphatic carbocycles. The van der Waals surface area contributed by atoms with Gasteiger partial charge in [-0.05, 0) is 12.8 Å². The maximum absolute atomic E-state index is 13.9. The molecule has 2 saturated heterocycles. The molecule has 2 aliphatic heterocycles. The van der Waals surface area contributed by atoms with Crippen molar-refractivity contribution in [1.29, 1.82) is 0 Å². The minimum absolute atomic E-state index is 0.110. The Kier molecular flexibility index (Phi) is 6.58. The van der Waals surface area contributed by atoms with Crippen LogP contribution >= 0.6 is 0 Å². The number of nitrogens with one attached hydrogen (secondary N) is 1. The third kappa shape index (κ3) is 4.74. The quantitative estimate of drug-likeness (QED) is 0.207. The summed E-state index contributed by atoms with van der Waals surface area (Å²) in [5.41, 5.74) is -1.23. The summed E-state index contributed by atoms with van der Waals surface area (Å²) in [5, 5.41) is 11.8. The zero-order valence-electron chi connectivity index (χ0n) is 18.5. The van der Waals surface area contributed by atoms with Gasteiger partial charge in [-0.3, -0.25) is 14.4 Å². The molecule has 3 fully saturated rings. The molecule has 4 rings (SSSR count). The molecule has 0 radical (unpaired) electrons. The Balaban J connectivity index is 1.53. The number of allylic oxidation sites excluding steroid dienone is 1. The van der Waals surface area contributed by atoms with E-state index in [1.807, 2.05) is 0 Å². The van der Waals surface area contributed by atoms with Crippen molar-refractivity contribution in [2.75, 3.05) is 13.1 Å². The number of carbonyl (C=O) groups excluding carboxylic acids is 3. The number of aliphatic hydroxyl groups is 1. The molecule has 11 heteroatoms. The van der Waals surface area contributed by atoms with Gasteiger partial charge in [0.1, 0.15) is 23.0 Å². The van der Waals surface area contributed by atoms with Gasteiger partial charge >= 0.3 is 0 Å². The van der Waals surface area contributed by atoms with Crippen LogP contribution < -0.4 is 5.32 Å². The van der Waals surface area contributed by atoms with Crippen molar-refractivity contribution in [2.45, 2.75) is 37.8 Å². The number of amides is 2. The highest BCUT2D eigenvalue weighted by atomic mass is 19.1. The lowest BCUT2D eigenvalue weighted by Crippen LogP contribution is -2.62. The Morgan fingerprint density at radius 2 is 1.97 bits per heavy atom. The molecule has 0 aromatic heterocycles. The number of fused-ring (bicyclic) bond motifs is 4. The van der Waals surface area contributed by atoms with Gasteiger partial charge in [0.2, 0.25) is 11.7 Å². The zero-order valence-corrected chi connectivity index (χ0v) is 18.5. The normalized spacial score (nSPS) is 25.7. The highest BCUT2D eigenvalue weighted by Gasteiger charge is 2.50. The molecule has 0 spiro atoms. The van der Waals surface area contributed by atoms with E-state index < -0.39 is 58.8 Å². The number of hydrogen-bond donors (Lipinski definition) is 2. The van der Waals surface area contributed by atoms with Crippen LogP contribution in [0.25, 0.3) is 0 Å². The second kappa shape index (κ2) is 9.46. The molecule has 1 saturated carbocycles. The Morgan fingerprint density at radius 3 is 2.60 bits per heavy atom. The van der Waals surface area contributed by atoms with Gasteiger partial charge < -0.3 is 25.0 Å². The molecule has 4 atom stereocenters. The van der Waals surface area contributed by atoms with Crippen LogP contribution in [0.4, 0.5) is 13.2 Å². The Hall–Kier alpha value is -3.78. The van der Waals surface area contributed by atoms with Crippen LogP contribution in [-0.4, -0.2) is 64.0 Å². The van der Waals surface area contributed by atoms with Crippen molar-refractivity contribution in [3.63, 3.8) is 0 Å². The Labute approximate surface area is 199 Å². The van der Waals surface area contributed by atoms with E-state index in [0.29, 0.717) is 25.0 Å². The van der Waals surface area contributed by atoms with Gasteiger partial charge in [-0.25, -0.2) is 13.2 Å². The van der Waals surface area contributed by atoms with Crippen molar-refractivity contribution < 1.29 is 37.4 Å². The fourth-order valence-corrected chi connectivity index (χ4v) is 4.73. The summed E-state index contributed by atoms with van der Waals surface area (Å²) in [4.78, 5) is 41.1. The van der Waals surface area contributed by atoms with Gasteiger partial charge in [-0.2, -0.15) is 0 Å². The molecule has 2 bridgehead atoms. The summed E-state index contributed by atoms with van der Waals surface area (Å²) < 4.78 is 46.9. The van der Waals surface area contributed by atoms with E-state index in [0.717, 1.165) is 6.20 Å². The molecule has 1 unspecified atom stereocenters. The first-order chi connectivity index (χ1) is 16.6. The number of rotatable bonds is 6. The molecule has 1 aromatic carbocycles. The lowest BCUT2D eigenvalue weighted by atomic mass is 10.0. The van der Waals surface area contributed by atoms with Crippen LogP contribution in [0.5, 0.6) is 0 Å². The van der Waals surface area contributed by atoms with E-state index in [4.69, 9.17) is 11.2 Å². The topological polar surface area (TPSA) is 99.2 Å². The molecule has 3 aliphatic rings. The van der Waals surface area contributed by atoms with Gasteiger partial charge in [-0.1, -0.05) is 6.58 Å². The first kappa shape index (κ1) is 24.3. The van der Waals surface area contributed by atoms with Crippen molar-refractivity contribution in [3.05, 3.63) is 59.3 Å². The molecular formula is C24H22F3N3O5. The number of ether oxygens (including phenoxy) is 1. The average molecular weight is 489 g/mol. The first-order valence-electron chi connectivity index (χ1n) is 10.8. The summed E-state index contributed by atoms with van der Waals surface area (Å²) in [7, 11) is 0. The Bertz CT molecular complexity index is 1150. The summed E-state index contributed by atoms with van der Waals surface area (Å²) in [5.74, 6) is -4.47. The number of ketones is 1. The van der Waals surface area contributed by atoms with E-state index in [1.54, 1.807) is 4.90 Å². The van der Waals surface area contributed by atoms with Crippen LogP contribution in [-0.2, 0) is 25.7 Å². The summed E-state index contributed by atoms with van der Waals surface area (Å²) >= 11 is 0. The predicted molar refractivity (Wildman–Crippen MR) is 115 cm³/mol. The highest BCUT2D eigenvalue weighted by molar-refractivity contribution is 6.24. The predicted octanol–water partition coefficient (Wildman–Crippen LogP) is 1.53. The van der Waals surface area contributed by atoms with Crippen molar-refractivity contribution in [3.8, 4) is 12.3 Å². The number of benzene rings is 1. The SMILES string of the molecule is C#C[C@@H]1C[C@@H]2C[C@H]1N1C(=O)CN(/C=C(/C(=O)NCc3c(F)cc(F)cc3F)C(=O)C(=C)O)CC1O2. The fraction of sp³-hybridized carbons (Fsp3) is 0.375. The molecule has 2 N–H and O–H groups in total. The van der Waals surface area contributed by atoms with Gasteiger partial charge in [0, 0.05) is 36.4 Å². The molecule has 184 valence electrons. The zero-order chi connectivity index (χ0) is 25.4. The maximum atomic E-state index is 13.9. The number of hydrogen-bond acceptors (Lipinski definition) is 6. The largest absolute Gasteiger partial charge is 0.505 e. The second-order valence-corrected chi connectivity index (χ2v) is 8.60. The molecule has 1 aromatic rings. The standard InChI is InChI=1S/C24H22F3N3O5/c1-3-13-4-15-7-20(13)30-21(32)10-29(11-22(30)35-15)9-17(23(33)12(2)31)24(34)28-8-16-18(26)5-14(25)6-19(16)27/h1,5-6,9,13,15,20,22,31H,2,4,7-8,10-11H2,(H,28,34)/b17-9+/t13-,15-,20-,22?/m1/s1. The highest BCUT2D eigenvalue weighted by Crippen LogP contribution is 2.40. The lowest BCUT2D eigenvalue weighted by Gasteiger charge is -2.47. The van der Waals surface area contributed by atoms with Crippen LogP contribution in [0.1, 0.15) is 18.4 Å². The first-order valence-corrected chi connectivity index (χ1v) is 10.8.